The predicted octanol–water partition coefficient (Wildman–Crippen LogP) is 4.17. The van der Waals surface area contributed by atoms with Gasteiger partial charge in [0.2, 0.25) is 11.8 Å². The molecule has 0 saturated carbocycles. The zero-order valence-electron chi connectivity index (χ0n) is 23.7. The van der Waals surface area contributed by atoms with Crippen molar-refractivity contribution in [3.05, 3.63) is 65.9 Å². The highest BCUT2D eigenvalue weighted by molar-refractivity contribution is 5.96. The van der Waals surface area contributed by atoms with Gasteiger partial charge in [0.15, 0.2) is 0 Å². The molecule has 2 aliphatic rings. The topological polar surface area (TPSA) is 83.9 Å². The van der Waals surface area contributed by atoms with Crippen molar-refractivity contribution >= 4 is 28.6 Å². The number of benzene rings is 2. The molecule has 1 saturated heterocycles. The summed E-state index contributed by atoms with van der Waals surface area (Å²) in [6.45, 7) is 2.47. The summed E-state index contributed by atoms with van der Waals surface area (Å²) in [7, 11) is 3.87. The lowest BCUT2D eigenvalue weighted by Gasteiger charge is -2.43. The van der Waals surface area contributed by atoms with Gasteiger partial charge in [-0.25, -0.2) is 0 Å². The predicted molar refractivity (Wildman–Crippen MR) is 155 cm³/mol. The van der Waals surface area contributed by atoms with Gasteiger partial charge in [-0.2, -0.15) is 0 Å². The maximum atomic E-state index is 13.8. The molecule has 3 heterocycles. The zero-order chi connectivity index (χ0) is 28.1. The summed E-state index contributed by atoms with van der Waals surface area (Å²) >= 11 is 0. The number of nitrogens with zero attached hydrogens (tertiary/aromatic N) is 3. The average Bonchev–Trinajstić information content (AvgIpc) is 3.30. The van der Waals surface area contributed by atoms with E-state index in [0.29, 0.717) is 69.8 Å². The Morgan fingerprint density at radius 3 is 2.52 bits per heavy atom. The Balaban J connectivity index is 1.21. The molecule has 1 spiro atoms. The van der Waals surface area contributed by atoms with Gasteiger partial charge in [0.1, 0.15) is 12.4 Å². The van der Waals surface area contributed by atoms with E-state index in [9.17, 15) is 14.4 Å². The summed E-state index contributed by atoms with van der Waals surface area (Å²) in [5.74, 6) is 0.678. The second-order valence-corrected chi connectivity index (χ2v) is 11.2. The Morgan fingerprint density at radius 1 is 0.950 bits per heavy atom. The van der Waals surface area contributed by atoms with Crippen LogP contribution in [-0.4, -0.2) is 71.9 Å². The molecule has 0 radical (unpaired) electrons. The van der Waals surface area contributed by atoms with Crippen LogP contribution in [0.3, 0.4) is 0 Å². The van der Waals surface area contributed by atoms with Crippen molar-refractivity contribution in [1.29, 1.82) is 0 Å². The monoisotopic (exact) mass is 544 g/mol. The summed E-state index contributed by atoms with van der Waals surface area (Å²) < 4.78 is 8.04. The van der Waals surface area contributed by atoms with E-state index in [0.717, 1.165) is 19.3 Å². The molecule has 1 aromatic heterocycles. The van der Waals surface area contributed by atoms with E-state index in [4.69, 9.17) is 4.74 Å². The molecule has 2 aliphatic heterocycles. The molecule has 8 heteroatoms. The molecule has 1 fully saturated rings. The molecule has 212 valence electrons. The summed E-state index contributed by atoms with van der Waals surface area (Å²) in [4.78, 5) is 43.4. The van der Waals surface area contributed by atoms with Crippen molar-refractivity contribution in [1.82, 2.24) is 19.7 Å². The van der Waals surface area contributed by atoms with Crippen LogP contribution in [0.1, 0.15) is 54.4 Å². The van der Waals surface area contributed by atoms with Crippen molar-refractivity contribution in [2.75, 3.05) is 39.8 Å². The van der Waals surface area contributed by atoms with E-state index in [2.05, 4.69) is 28.2 Å². The van der Waals surface area contributed by atoms with Crippen LogP contribution in [0.4, 0.5) is 0 Å². The van der Waals surface area contributed by atoms with Gasteiger partial charge in [-0.05, 0) is 55.9 Å². The second kappa shape index (κ2) is 12.1. The highest BCUT2D eigenvalue weighted by Gasteiger charge is 2.43. The van der Waals surface area contributed by atoms with Crippen LogP contribution in [-0.2, 0) is 23.1 Å². The van der Waals surface area contributed by atoms with Gasteiger partial charge >= 0.3 is 0 Å². The number of para-hydroxylation sites is 2. The minimum absolute atomic E-state index is 0.133. The summed E-state index contributed by atoms with van der Waals surface area (Å²) in [6.07, 6.45) is 7.00. The molecule has 8 nitrogen and oxygen atoms in total. The number of aryl methyl sites for hydroxylation is 2. The van der Waals surface area contributed by atoms with Gasteiger partial charge in [0.25, 0.3) is 5.91 Å². The van der Waals surface area contributed by atoms with Crippen LogP contribution in [0.25, 0.3) is 10.9 Å². The molecule has 5 rings (SSSR count). The Labute approximate surface area is 236 Å². The highest BCUT2D eigenvalue weighted by atomic mass is 16.5. The number of likely N-dealkylation sites (tertiary alicyclic amines) is 1. The Bertz CT molecular complexity index is 1370. The fourth-order valence-corrected chi connectivity index (χ4v) is 6.24. The van der Waals surface area contributed by atoms with Crippen molar-refractivity contribution in [2.24, 2.45) is 12.5 Å². The number of ether oxygens (including phenoxy) is 1. The Morgan fingerprint density at radius 2 is 1.70 bits per heavy atom. The normalized spacial score (nSPS) is 18.6. The largest absolute Gasteiger partial charge is 0.491 e. The van der Waals surface area contributed by atoms with E-state index < -0.39 is 5.41 Å². The number of fused-ring (bicyclic) bond motifs is 2. The van der Waals surface area contributed by atoms with E-state index in [1.807, 2.05) is 43.3 Å². The van der Waals surface area contributed by atoms with Crippen LogP contribution in [0.5, 0.6) is 5.75 Å². The highest BCUT2D eigenvalue weighted by Crippen LogP contribution is 2.39. The molecule has 0 aliphatic carbocycles. The molecule has 0 unspecified atom stereocenters. The number of carbonyl (C=O) groups excluding carboxylic acids is 3. The number of hydrogen-bond acceptors (Lipinski definition) is 4. The van der Waals surface area contributed by atoms with Gasteiger partial charge < -0.3 is 24.4 Å². The van der Waals surface area contributed by atoms with Gasteiger partial charge in [0.05, 0.1) is 17.5 Å². The number of piperidine rings is 1. The second-order valence-electron chi connectivity index (χ2n) is 11.2. The van der Waals surface area contributed by atoms with E-state index in [1.54, 1.807) is 17.0 Å². The van der Waals surface area contributed by atoms with Crippen LogP contribution >= 0.6 is 0 Å². The van der Waals surface area contributed by atoms with Crippen molar-refractivity contribution in [2.45, 2.75) is 44.9 Å². The minimum atomic E-state index is -0.493. The maximum Gasteiger partial charge on any atom is 0.255 e. The zero-order valence-corrected chi connectivity index (χ0v) is 23.7. The SMILES string of the molecule is CN1CCOc2ccccc2C(=O)NCCCCC2(CCN(C(=O)CCc3cn(C)c4ccccc34)CC2)C1=O. The summed E-state index contributed by atoms with van der Waals surface area (Å²) in [5.41, 5.74) is 2.39. The first-order valence-electron chi connectivity index (χ1n) is 14.4. The number of carbonyl (C=O) groups is 3. The van der Waals surface area contributed by atoms with Crippen LogP contribution in [0, 0.1) is 5.41 Å². The van der Waals surface area contributed by atoms with Gasteiger partial charge in [-0.1, -0.05) is 36.8 Å². The molecule has 1 N–H and O–H groups in total. The van der Waals surface area contributed by atoms with E-state index >= 15 is 0 Å². The van der Waals surface area contributed by atoms with Crippen LogP contribution in [0.2, 0.25) is 0 Å². The van der Waals surface area contributed by atoms with Crippen LogP contribution < -0.4 is 10.1 Å². The molecule has 3 amide bonds. The fraction of sp³-hybridized carbons (Fsp3) is 0.469. The lowest BCUT2D eigenvalue weighted by molar-refractivity contribution is -0.148. The molecular formula is C32H40N4O4. The minimum Gasteiger partial charge on any atom is -0.491 e. The third-order valence-electron chi connectivity index (χ3n) is 8.64. The molecule has 3 aromatic rings. The quantitative estimate of drug-likeness (QED) is 0.537. The number of likely N-dealkylation sites (N-methyl/N-ethyl adjacent to an activating group) is 1. The fourth-order valence-electron chi connectivity index (χ4n) is 6.24. The standard InChI is InChI=1S/C32H40N4O4/c1-34-21-22-40-28-12-6-4-10-26(28)30(38)33-18-8-7-15-32(31(34)39)16-19-36(20-17-32)29(37)14-13-24-23-35(2)27-11-5-3-9-25(24)27/h3-6,9-12,23H,7-8,13-22H2,1-2H3,(H,33,38). The third kappa shape index (κ3) is 5.86. The molecule has 2 aromatic carbocycles. The van der Waals surface area contributed by atoms with Crippen molar-refractivity contribution < 1.29 is 19.1 Å². The first-order valence-corrected chi connectivity index (χ1v) is 14.4. The average molecular weight is 545 g/mol. The van der Waals surface area contributed by atoms with E-state index in [1.165, 1.54) is 16.5 Å². The molecule has 0 bridgehead atoms. The molecule has 40 heavy (non-hydrogen) atoms. The Kier molecular flexibility index (Phi) is 8.43. The molecular weight excluding hydrogens is 504 g/mol. The summed E-state index contributed by atoms with van der Waals surface area (Å²) in [5, 5.41) is 4.20. The first-order chi connectivity index (χ1) is 19.4. The van der Waals surface area contributed by atoms with Crippen LogP contribution in [0.15, 0.2) is 54.7 Å². The van der Waals surface area contributed by atoms with Gasteiger partial charge in [-0.15, -0.1) is 0 Å². The summed E-state index contributed by atoms with van der Waals surface area (Å²) in [6, 6.07) is 15.5. The maximum absolute atomic E-state index is 13.8. The number of nitrogens with one attached hydrogen (secondary N) is 1. The van der Waals surface area contributed by atoms with E-state index in [-0.39, 0.29) is 17.7 Å². The number of rotatable bonds is 3. The first kappa shape index (κ1) is 27.7. The lowest BCUT2D eigenvalue weighted by atomic mass is 9.73. The number of amides is 3. The number of aromatic nitrogens is 1. The Hall–Kier alpha value is -3.81. The molecule has 0 atom stereocenters. The lowest BCUT2D eigenvalue weighted by Crippen LogP contribution is -2.51. The number of hydrogen-bond donors (Lipinski definition) is 1. The van der Waals surface area contributed by atoms with Crippen molar-refractivity contribution in [3.8, 4) is 5.75 Å². The van der Waals surface area contributed by atoms with Gasteiger partial charge in [-0.3, -0.25) is 14.4 Å². The third-order valence-corrected chi connectivity index (χ3v) is 8.64. The van der Waals surface area contributed by atoms with Gasteiger partial charge in [0, 0.05) is 57.3 Å². The van der Waals surface area contributed by atoms with Crippen molar-refractivity contribution in [3.63, 3.8) is 0 Å². The smallest absolute Gasteiger partial charge is 0.255 e.